The molecule has 0 aromatic heterocycles. The fraction of sp³-hybridized carbons (Fsp3) is 0.966. The van der Waals surface area contributed by atoms with Gasteiger partial charge < -0.3 is 9.84 Å². The Morgan fingerprint density at radius 2 is 1.30 bits per heavy atom. The van der Waals surface area contributed by atoms with Crippen LogP contribution in [0.15, 0.2) is 0 Å². The maximum atomic E-state index is 12.6. The first-order chi connectivity index (χ1) is 17.9. The molecular weight excluding hydrogens is 507 g/mol. The number of hydrogen-bond acceptors (Lipinski definition) is 7. The molecule has 37 heavy (non-hydrogen) atoms. The molecule has 0 fully saturated rings. The fourth-order valence-corrected chi connectivity index (χ4v) is 6.65. The Hall–Kier alpha value is -0.200. The van der Waals surface area contributed by atoms with Gasteiger partial charge >= 0.3 is 19.5 Å². The van der Waals surface area contributed by atoms with Gasteiger partial charge in [-0.15, -0.1) is 4.52 Å². The zero-order valence-corrected chi connectivity index (χ0v) is 26.4. The number of aliphatic hydroxyl groups is 1. The van der Waals surface area contributed by atoms with Gasteiger partial charge in [0.2, 0.25) is 0 Å². The normalized spacial score (nSPS) is 15.2. The van der Waals surface area contributed by atoms with Crippen molar-refractivity contribution in [3.8, 4) is 0 Å². The first kappa shape index (κ1) is 36.8. The maximum Gasteiger partial charge on any atom is 0.589 e. The monoisotopic (exact) mass is 565 g/mol. The van der Waals surface area contributed by atoms with Crippen molar-refractivity contribution in [2.75, 3.05) is 19.5 Å². The number of carbonyl (C=O) groups excluding carboxylic acids is 1. The highest BCUT2D eigenvalue weighted by Crippen LogP contribution is 2.42. The Morgan fingerprint density at radius 1 is 0.811 bits per heavy atom. The van der Waals surface area contributed by atoms with E-state index in [4.69, 9.17) is 14.0 Å². The number of esters is 1. The molecule has 0 aliphatic carbocycles. The summed E-state index contributed by atoms with van der Waals surface area (Å²) >= 11 is 1.84. The molecule has 0 heterocycles. The topological polar surface area (TPSA) is 82.1 Å². The smallest absolute Gasteiger partial charge is 0.461 e. The van der Waals surface area contributed by atoms with Gasteiger partial charge in [0, 0.05) is 5.25 Å². The van der Waals surface area contributed by atoms with Gasteiger partial charge in [-0.1, -0.05) is 117 Å². The molecule has 4 unspecified atom stereocenters. The third-order valence-electron chi connectivity index (χ3n) is 6.66. The Labute approximate surface area is 233 Å². The molecule has 4 atom stereocenters. The standard InChI is InChI=1S/C29H58O6PS/c1-6-9-11-13-14-15-16-17-18-20-22-25-37-27(23-21-19-12-10-7-2)26(4)35-29(31,28(30)33-5)36(32)34-24-8-3/h26-27,31H,6-25H2,1-5H3/q+1. The molecule has 8 heteroatoms. The van der Waals surface area contributed by atoms with Gasteiger partial charge in [0.15, 0.2) is 0 Å². The zero-order chi connectivity index (χ0) is 27.8. The van der Waals surface area contributed by atoms with Crippen molar-refractivity contribution < 1.29 is 28.5 Å². The van der Waals surface area contributed by atoms with E-state index in [0.29, 0.717) is 6.42 Å². The van der Waals surface area contributed by atoms with Crippen molar-refractivity contribution in [2.24, 2.45) is 0 Å². The van der Waals surface area contributed by atoms with E-state index < -0.39 is 25.6 Å². The summed E-state index contributed by atoms with van der Waals surface area (Å²) in [5.74, 6) is -0.0620. The Morgan fingerprint density at radius 3 is 1.78 bits per heavy atom. The van der Waals surface area contributed by atoms with E-state index in [1.807, 2.05) is 25.6 Å². The van der Waals surface area contributed by atoms with E-state index in [1.54, 1.807) is 0 Å². The lowest BCUT2D eigenvalue weighted by atomic mass is 10.1. The van der Waals surface area contributed by atoms with Crippen LogP contribution in [0.25, 0.3) is 0 Å². The molecule has 0 rings (SSSR count). The minimum Gasteiger partial charge on any atom is -0.461 e. The van der Waals surface area contributed by atoms with Crippen molar-refractivity contribution >= 4 is 25.8 Å². The molecule has 0 aliphatic rings. The first-order valence-electron chi connectivity index (χ1n) is 15.1. The number of methoxy groups -OCH3 is 1. The number of carbonyl (C=O) groups is 1. The number of thioether (sulfide) groups is 1. The molecule has 0 radical (unpaired) electrons. The average molecular weight is 566 g/mol. The second-order valence-corrected chi connectivity index (χ2v) is 12.9. The molecule has 0 saturated carbocycles. The quantitative estimate of drug-likeness (QED) is 0.0460. The van der Waals surface area contributed by atoms with Gasteiger partial charge in [0.05, 0.1) is 13.2 Å². The van der Waals surface area contributed by atoms with Crippen LogP contribution in [0.4, 0.5) is 0 Å². The van der Waals surface area contributed by atoms with E-state index in [9.17, 15) is 14.5 Å². The minimum absolute atomic E-state index is 0.0931. The van der Waals surface area contributed by atoms with E-state index >= 15 is 0 Å². The molecule has 0 aromatic carbocycles. The predicted octanol–water partition coefficient (Wildman–Crippen LogP) is 9.15. The molecule has 0 spiro atoms. The van der Waals surface area contributed by atoms with Crippen LogP contribution >= 0.6 is 19.8 Å². The molecule has 0 saturated heterocycles. The Kier molecular flexibility index (Phi) is 24.7. The van der Waals surface area contributed by atoms with Crippen LogP contribution in [0.5, 0.6) is 0 Å². The van der Waals surface area contributed by atoms with Crippen LogP contribution in [0, 0.1) is 0 Å². The van der Waals surface area contributed by atoms with Gasteiger partial charge in [-0.25, -0.2) is 4.79 Å². The fourth-order valence-electron chi connectivity index (χ4n) is 4.30. The lowest BCUT2D eigenvalue weighted by molar-refractivity contribution is -0.206. The third-order valence-corrected chi connectivity index (χ3v) is 9.43. The largest absolute Gasteiger partial charge is 0.589 e. The van der Waals surface area contributed by atoms with Crippen molar-refractivity contribution in [2.45, 2.75) is 160 Å². The first-order valence-corrected chi connectivity index (χ1v) is 17.3. The van der Waals surface area contributed by atoms with Gasteiger partial charge in [-0.05, 0) is 36.5 Å². The van der Waals surface area contributed by atoms with E-state index in [1.165, 1.54) is 83.5 Å². The number of ether oxygens (including phenoxy) is 2. The highest BCUT2D eigenvalue weighted by molar-refractivity contribution is 7.99. The van der Waals surface area contributed by atoms with Gasteiger partial charge in [0.1, 0.15) is 6.61 Å². The van der Waals surface area contributed by atoms with Crippen LogP contribution in [0.1, 0.15) is 143 Å². The molecule has 0 bridgehead atoms. The SMILES string of the molecule is CCCCCCCCCCCCCSC(CCCCCCC)C(C)OC(O)(C(=O)OC)[P+](=O)OCCC. The maximum absolute atomic E-state index is 12.6. The molecular formula is C29H58O6PS+. The van der Waals surface area contributed by atoms with Gasteiger partial charge in [0.25, 0.3) is 0 Å². The highest BCUT2D eigenvalue weighted by Gasteiger charge is 2.62. The summed E-state index contributed by atoms with van der Waals surface area (Å²) in [5.41, 5.74) is -2.59. The van der Waals surface area contributed by atoms with Crippen molar-refractivity contribution in [3.63, 3.8) is 0 Å². The summed E-state index contributed by atoms with van der Waals surface area (Å²) in [6.45, 7) is 8.35. The van der Waals surface area contributed by atoms with E-state index in [2.05, 4.69) is 13.8 Å². The van der Waals surface area contributed by atoms with E-state index in [0.717, 1.165) is 38.5 Å². The molecule has 0 aliphatic heterocycles. The lowest BCUT2D eigenvalue weighted by Gasteiger charge is -2.26. The highest BCUT2D eigenvalue weighted by atomic mass is 32.2. The van der Waals surface area contributed by atoms with Crippen LogP contribution < -0.4 is 0 Å². The molecule has 6 nitrogen and oxygen atoms in total. The van der Waals surface area contributed by atoms with Crippen molar-refractivity contribution in [1.29, 1.82) is 0 Å². The number of rotatable bonds is 27. The molecule has 1 N–H and O–H groups in total. The summed E-state index contributed by atoms with van der Waals surface area (Å²) in [7, 11) is -1.64. The third kappa shape index (κ3) is 17.9. The van der Waals surface area contributed by atoms with Crippen molar-refractivity contribution in [1.82, 2.24) is 0 Å². The summed E-state index contributed by atoms with van der Waals surface area (Å²) < 4.78 is 28.3. The predicted molar refractivity (Wildman–Crippen MR) is 157 cm³/mol. The number of hydrogen-bond donors (Lipinski definition) is 1. The molecule has 0 aromatic rings. The van der Waals surface area contributed by atoms with Gasteiger partial charge in [-0.2, -0.15) is 11.8 Å². The van der Waals surface area contributed by atoms with Crippen LogP contribution in [0.3, 0.4) is 0 Å². The molecule has 220 valence electrons. The van der Waals surface area contributed by atoms with Gasteiger partial charge in [-0.3, -0.25) is 4.74 Å². The van der Waals surface area contributed by atoms with Crippen molar-refractivity contribution in [3.05, 3.63) is 0 Å². The summed E-state index contributed by atoms with van der Waals surface area (Å²) in [4.78, 5) is 12.3. The Bertz CT molecular complexity index is 565. The molecule has 0 amide bonds. The average Bonchev–Trinajstić information content (AvgIpc) is 2.90. The van der Waals surface area contributed by atoms with Crippen LogP contribution in [0.2, 0.25) is 0 Å². The summed E-state index contributed by atoms with van der Waals surface area (Å²) in [5, 5.41) is 11.0. The number of unbranched alkanes of at least 4 members (excludes halogenated alkanes) is 14. The minimum atomic E-state index is -2.79. The Balaban J connectivity index is 4.69. The van der Waals surface area contributed by atoms with Crippen LogP contribution in [-0.4, -0.2) is 47.4 Å². The second kappa shape index (κ2) is 24.8. The second-order valence-electron chi connectivity index (χ2n) is 10.2. The zero-order valence-electron chi connectivity index (χ0n) is 24.6. The summed E-state index contributed by atoms with van der Waals surface area (Å²) in [6.07, 6.45) is 21.4. The van der Waals surface area contributed by atoms with E-state index in [-0.39, 0.29) is 11.9 Å². The lowest BCUT2D eigenvalue weighted by Crippen LogP contribution is -2.44. The summed E-state index contributed by atoms with van der Waals surface area (Å²) in [6, 6.07) is 0. The van der Waals surface area contributed by atoms with Crippen LogP contribution in [-0.2, 0) is 23.4 Å².